The van der Waals surface area contributed by atoms with Gasteiger partial charge in [-0.15, -0.1) is 11.8 Å². The lowest BCUT2D eigenvalue weighted by Crippen LogP contribution is -2.15. The molecule has 4 aromatic carbocycles. The molecule has 0 unspecified atom stereocenters. The first-order valence-electron chi connectivity index (χ1n) is 11.5. The van der Waals surface area contributed by atoms with E-state index >= 15 is 0 Å². The molecule has 0 aliphatic carbocycles. The minimum absolute atomic E-state index is 0.0262. The zero-order valence-electron chi connectivity index (χ0n) is 20.1. The van der Waals surface area contributed by atoms with Gasteiger partial charge in [-0.2, -0.15) is 18.3 Å². The Kier molecular flexibility index (Phi) is 6.96. The lowest BCUT2D eigenvalue weighted by atomic mass is 9.91. The van der Waals surface area contributed by atoms with Gasteiger partial charge in [-0.3, -0.25) is 9.89 Å². The quantitative estimate of drug-likeness (QED) is 0.160. The molecule has 5 rings (SSSR count). The number of rotatable bonds is 6. The van der Waals surface area contributed by atoms with Gasteiger partial charge in [0.15, 0.2) is 5.78 Å². The molecule has 0 fully saturated rings. The van der Waals surface area contributed by atoms with E-state index in [2.05, 4.69) is 10.2 Å². The Morgan fingerprint density at radius 1 is 0.923 bits per heavy atom. The highest BCUT2D eigenvalue weighted by Gasteiger charge is 2.37. The number of benzene rings is 4. The van der Waals surface area contributed by atoms with Gasteiger partial charge in [0.05, 0.1) is 27.2 Å². The Bertz CT molecular complexity index is 1750. The zero-order valence-corrected chi connectivity index (χ0v) is 21.7. The van der Waals surface area contributed by atoms with Crippen molar-refractivity contribution in [1.82, 2.24) is 10.2 Å². The van der Waals surface area contributed by atoms with Crippen molar-refractivity contribution in [2.24, 2.45) is 0 Å². The maximum absolute atomic E-state index is 14.0. The molecule has 0 radical (unpaired) electrons. The van der Waals surface area contributed by atoms with Crippen LogP contribution in [0.25, 0.3) is 33.3 Å². The van der Waals surface area contributed by atoms with Gasteiger partial charge in [0.25, 0.3) is 0 Å². The molecule has 0 saturated heterocycles. The Labute approximate surface area is 229 Å². The van der Waals surface area contributed by atoms with Gasteiger partial charge in [0.2, 0.25) is 0 Å². The minimum atomic E-state index is -4.81. The maximum atomic E-state index is 14.0. The summed E-state index contributed by atoms with van der Waals surface area (Å²) in [5.41, 5.74) is 0.772. The van der Waals surface area contributed by atoms with Crippen molar-refractivity contribution in [3.8, 4) is 22.4 Å². The van der Waals surface area contributed by atoms with Gasteiger partial charge in [-0.1, -0.05) is 41.9 Å². The molecule has 5 aromatic rings. The fourth-order valence-electron chi connectivity index (χ4n) is 4.41. The van der Waals surface area contributed by atoms with E-state index in [1.807, 2.05) is 30.5 Å². The van der Waals surface area contributed by atoms with Crippen LogP contribution >= 0.6 is 23.4 Å². The number of aromatic amines is 1. The number of aromatic nitrogens is 2. The smallest absolute Gasteiger partial charge is 0.417 e. The SMILES string of the molecule is CSc1cccc(-c2cc(C(=O)c3c(Cl)cccc3C(F)(F)F)c3c(-c4ccc(C(=O)O)cc4)n[nH]c3c2)c1. The van der Waals surface area contributed by atoms with Crippen molar-refractivity contribution in [3.63, 3.8) is 0 Å². The molecule has 0 atom stereocenters. The van der Waals surface area contributed by atoms with Crippen LogP contribution < -0.4 is 0 Å². The predicted octanol–water partition coefficient (Wildman–Crippen LogP) is 8.22. The number of ketones is 1. The lowest BCUT2D eigenvalue weighted by Gasteiger charge is -2.15. The molecule has 0 bridgehead atoms. The summed E-state index contributed by atoms with van der Waals surface area (Å²) < 4.78 is 41.9. The molecule has 0 aliphatic rings. The topological polar surface area (TPSA) is 83.1 Å². The first kappa shape index (κ1) is 26.5. The van der Waals surface area contributed by atoms with Gasteiger partial charge in [-0.05, 0) is 65.9 Å². The van der Waals surface area contributed by atoms with Gasteiger partial charge in [-0.25, -0.2) is 4.79 Å². The molecule has 0 saturated carbocycles. The van der Waals surface area contributed by atoms with E-state index in [9.17, 15) is 27.9 Å². The van der Waals surface area contributed by atoms with E-state index in [4.69, 9.17) is 11.6 Å². The van der Waals surface area contributed by atoms with Crippen molar-refractivity contribution >= 4 is 46.0 Å². The summed E-state index contributed by atoms with van der Waals surface area (Å²) in [7, 11) is 0. The van der Waals surface area contributed by atoms with Crippen LogP contribution in [0.1, 0.15) is 31.8 Å². The Balaban J connectivity index is 1.79. The number of nitrogens with zero attached hydrogens (tertiary/aromatic N) is 1. The van der Waals surface area contributed by atoms with Crippen LogP contribution in [0, 0.1) is 0 Å². The molecular weight excluding hydrogens is 549 g/mol. The standard InChI is InChI=1S/C29H18ClF3N2O3S/c1-39-19-5-2-4-17(12-19)18-13-20(27(36)25-21(29(31,32)33)6-3-7-22(25)30)24-23(14-18)34-35-26(24)15-8-10-16(11-9-15)28(37)38/h2-14H,1H3,(H,34,35)(H,37,38). The number of hydrogen-bond acceptors (Lipinski definition) is 4. The molecule has 1 aromatic heterocycles. The summed E-state index contributed by atoms with van der Waals surface area (Å²) in [5, 5.41) is 16.5. The summed E-state index contributed by atoms with van der Waals surface area (Å²) in [6.45, 7) is 0. The van der Waals surface area contributed by atoms with Gasteiger partial charge >= 0.3 is 12.1 Å². The largest absolute Gasteiger partial charge is 0.478 e. The highest BCUT2D eigenvalue weighted by molar-refractivity contribution is 7.98. The normalized spacial score (nSPS) is 11.6. The molecule has 0 aliphatic heterocycles. The fraction of sp³-hybridized carbons (Fsp3) is 0.0690. The third-order valence-electron chi connectivity index (χ3n) is 6.26. The number of alkyl halides is 3. The van der Waals surface area contributed by atoms with E-state index in [1.54, 1.807) is 6.07 Å². The van der Waals surface area contributed by atoms with Crippen molar-refractivity contribution < 1.29 is 27.9 Å². The molecule has 10 heteroatoms. The van der Waals surface area contributed by atoms with Crippen molar-refractivity contribution in [3.05, 3.63) is 106 Å². The number of carboxylic acids is 1. The third-order valence-corrected chi connectivity index (χ3v) is 7.30. The van der Waals surface area contributed by atoms with E-state index in [1.165, 1.54) is 48.2 Å². The fourth-order valence-corrected chi connectivity index (χ4v) is 5.13. The first-order valence-corrected chi connectivity index (χ1v) is 13.1. The number of halogens is 4. The second-order valence-electron chi connectivity index (χ2n) is 8.62. The van der Waals surface area contributed by atoms with E-state index < -0.39 is 29.1 Å². The second kappa shape index (κ2) is 10.2. The minimum Gasteiger partial charge on any atom is -0.478 e. The third kappa shape index (κ3) is 5.03. The number of thioether (sulfide) groups is 1. The maximum Gasteiger partial charge on any atom is 0.417 e. The van der Waals surface area contributed by atoms with Crippen molar-refractivity contribution in [2.75, 3.05) is 6.26 Å². The number of carbonyl (C=O) groups is 2. The van der Waals surface area contributed by atoms with Crippen LogP contribution in [0.4, 0.5) is 13.2 Å². The lowest BCUT2D eigenvalue weighted by molar-refractivity contribution is -0.137. The molecule has 0 spiro atoms. The second-order valence-corrected chi connectivity index (χ2v) is 9.91. The highest BCUT2D eigenvalue weighted by Crippen LogP contribution is 2.40. The van der Waals surface area contributed by atoms with E-state index in [0.29, 0.717) is 22.0 Å². The van der Waals surface area contributed by atoms with Gasteiger partial charge < -0.3 is 5.11 Å². The number of H-pyrrole nitrogens is 1. The van der Waals surface area contributed by atoms with Crippen molar-refractivity contribution in [1.29, 1.82) is 0 Å². The molecule has 5 nitrogen and oxygen atoms in total. The van der Waals surface area contributed by atoms with Crippen LogP contribution in [0.5, 0.6) is 0 Å². The number of nitrogens with one attached hydrogen (secondary N) is 1. The average molecular weight is 567 g/mol. The Morgan fingerprint density at radius 2 is 1.64 bits per heavy atom. The number of fused-ring (bicyclic) bond motifs is 1. The average Bonchev–Trinajstić information content (AvgIpc) is 3.36. The monoisotopic (exact) mass is 566 g/mol. The summed E-state index contributed by atoms with van der Waals surface area (Å²) in [6.07, 6.45) is -2.89. The number of hydrogen-bond donors (Lipinski definition) is 2. The molecule has 1 heterocycles. The summed E-state index contributed by atoms with van der Waals surface area (Å²) >= 11 is 7.73. The molecule has 0 amide bonds. The van der Waals surface area contributed by atoms with Crippen LogP contribution in [0.2, 0.25) is 5.02 Å². The van der Waals surface area contributed by atoms with Gasteiger partial charge in [0, 0.05) is 21.4 Å². The van der Waals surface area contributed by atoms with E-state index in [0.717, 1.165) is 22.6 Å². The Hall–Kier alpha value is -4.08. The molecular formula is C29H18ClF3N2O3S. The number of aromatic carboxylic acids is 1. The van der Waals surface area contributed by atoms with Crippen molar-refractivity contribution in [2.45, 2.75) is 11.1 Å². The van der Waals surface area contributed by atoms with Crippen LogP contribution in [-0.4, -0.2) is 33.3 Å². The zero-order chi connectivity index (χ0) is 27.9. The summed E-state index contributed by atoms with van der Waals surface area (Å²) in [6, 6.07) is 19.9. The first-order chi connectivity index (χ1) is 18.6. The molecule has 2 N–H and O–H groups in total. The van der Waals surface area contributed by atoms with Crippen LogP contribution in [0.3, 0.4) is 0 Å². The highest BCUT2D eigenvalue weighted by atomic mass is 35.5. The predicted molar refractivity (Wildman–Crippen MR) is 146 cm³/mol. The van der Waals surface area contributed by atoms with Crippen LogP contribution in [-0.2, 0) is 6.18 Å². The van der Waals surface area contributed by atoms with E-state index in [-0.39, 0.29) is 21.8 Å². The number of carbonyl (C=O) groups excluding carboxylic acids is 1. The molecule has 39 heavy (non-hydrogen) atoms. The van der Waals surface area contributed by atoms with Crippen LogP contribution in [0.15, 0.2) is 83.8 Å². The molecule has 196 valence electrons. The summed E-state index contributed by atoms with van der Waals surface area (Å²) in [4.78, 5) is 26.2. The Morgan fingerprint density at radius 3 is 2.31 bits per heavy atom. The summed E-state index contributed by atoms with van der Waals surface area (Å²) in [5.74, 6) is -2.02. The van der Waals surface area contributed by atoms with Gasteiger partial charge in [0.1, 0.15) is 5.69 Å². The number of carboxylic acid groups (broad SMARTS) is 1.